The lowest BCUT2D eigenvalue weighted by molar-refractivity contribution is 0.323. The number of methoxy groups -OCH3 is 3. The maximum atomic E-state index is 5.43. The molecule has 0 amide bonds. The van der Waals surface area contributed by atoms with E-state index in [1.807, 2.05) is 11.8 Å². The molecule has 110 valence electrons. The first-order chi connectivity index (χ1) is 9.60. The van der Waals surface area contributed by atoms with E-state index >= 15 is 0 Å². The van der Waals surface area contributed by atoms with Gasteiger partial charge in [0.25, 0.3) is 0 Å². The highest BCUT2D eigenvalue weighted by atomic mass is 32.2. The second kappa shape index (κ2) is 6.44. The molecule has 0 bridgehead atoms. The van der Waals surface area contributed by atoms with Crippen molar-refractivity contribution >= 4 is 11.8 Å². The third-order valence-corrected chi connectivity index (χ3v) is 5.22. The molecule has 3 nitrogen and oxygen atoms in total. The third-order valence-electron chi connectivity index (χ3n) is 3.78. The minimum atomic E-state index is 0.451. The largest absolute Gasteiger partial charge is 0.493 e. The predicted molar refractivity (Wildman–Crippen MR) is 84.3 cm³/mol. The van der Waals surface area contributed by atoms with Gasteiger partial charge in [0, 0.05) is 11.0 Å². The Balaban J connectivity index is 2.38. The van der Waals surface area contributed by atoms with E-state index in [1.165, 1.54) is 16.7 Å². The standard InChI is InChI=1S/C16H22O3S/c1-10-6-15(20-9-11(10)2)12-7-13(17-3)16(19-5)14(8-12)18-4/h7-8,15H,6,9H2,1-5H3. The minimum Gasteiger partial charge on any atom is -0.493 e. The van der Waals surface area contributed by atoms with Crippen LogP contribution < -0.4 is 14.2 Å². The molecule has 1 heterocycles. The highest BCUT2D eigenvalue weighted by Crippen LogP contribution is 2.46. The van der Waals surface area contributed by atoms with Crippen LogP contribution in [0.5, 0.6) is 17.2 Å². The molecule has 0 radical (unpaired) electrons. The molecule has 20 heavy (non-hydrogen) atoms. The van der Waals surface area contributed by atoms with Crippen LogP contribution in [0.15, 0.2) is 23.3 Å². The van der Waals surface area contributed by atoms with Gasteiger partial charge in [-0.15, -0.1) is 11.8 Å². The number of ether oxygens (including phenoxy) is 3. The van der Waals surface area contributed by atoms with Crippen molar-refractivity contribution in [1.29, 1.82) is 0 Å². The SMILES string of the molecule is COc1cc(C2CC(C)=C(C)CS2)cc(OC)c1OC. The molecule has 0 aliphatic carbocycles. The van der Waals surface area contributed by atoms with Gasteiger partial charge < -0.3 is 14.2 Å². The van der Waals surface area contributed by atoms with Gasteiger partial charge in [0.05, 0.1) is 21.3 Å². The summed E-state index contributed by atoms with van der Waals surface area (Å²) in [5.74, 6) is 3.20. The first-order valence-electron chi connectivity index (χ1n) is 6.67. The van der Waals surface area contributed by atoms with Crippen LogP contribution >= 0.6 is 11.8 Å². The Morgan fingerprint density at radius 1 is 0.950 bits per heavy atom. The Kier molecular flexibility index (Phi) is 4.86. The van der Waals surface area contributed by atoms with E-state index in [-0.39, 0.29) is 0 Å². The smallest absolute Gasteiger partial charge is 0.203 e. The van der Waals surface area contributed by atoms with Gasteiger partial charge in [0.2, 0.25) is 5.75 Å². The lowest BCUT2D eigenvalue weighted by atomic mass is 10.0. The zero-order valence-electron chi connectivity index (χ0n) is 12.8. The van der Waals surface area contributed by atoms with E-state index in [0.717, 1.165) is 23.7 Å². The van der Waals surface area contributed by atoms with Crippen molar-refractivity contribution in [2.24, 2.45) is 0 Å². The molecule has 1 unspecified atom stereocenters. The molecule has 1 aromatic rings. The molecule has 0 aromatic heterocycles. The highest BCUT2D eigenvalue weighted by molar-refractivity contribution is 7.99. The number of benzene rings is 1. The Hall–Kier alpha value is -1.29. The van der Waals surface area contributed by atoms with Crippen molar-refractivity contribution in [1.82, 2.24) is 0 Å². The summed E-state index contributed by atoms with van der Waals surface area (Å²) in [6, 6.07) is 4.12. The van der Waals surface area contributed by atoms with Crippen molar-refractivity contribution < 1.29 is 14.2 Å². The van der Waals surface area contributed by atoms with Gasteiger partial charge in [-0.1, -0.05) is 11.1 Å². The first-order valence-corrected chi connectivity index (χ1v) is 7.72. The van der Waals surface area contributed by atoms with E-state index in [2.05, 4.69) is 26.0 Å². The molecule has 0 N–H and O–H groups in total. The van der Waals surface area contributed by atoms with Crippen LogP contribution in [0.3, 0.4) is 0 Å². The topological polar surface area (TPSA) is 27.7 Å². The van der Waals surface area contributed by atoms with Crippen molar-refractivity contribution in [2.45, 2.75) is 25.5 Å². The second-order valence-electron chi connectivity index (χ2n) is 5.02. The molecule has 0 spiro atoms. The molecule has 1 aromatic carbocycles. The Bertz CT molecular complexity index is 497. The number of hydrogen-bond donors (Lipinski definition) is 0. The number of allylic oxidation sites excluding steroid dienone is 1. The third kappa shape index (κ3) is 2.90. The van der Waals surface area contributed by atoms with Crippen molar-refractivity contribution in [3.63, 3.8) is 0 Å². The number of hydrogen-bond acceptors (Lipinski definition) is 4. The summed E-state index contributed by atoms with van der Waals surface area (Å²) in [5.41, 5.74) is 4.22. The molecule has 0 saturated carbocycles. The van der Waals surface area contributed by atoms with Crippen LogP contribution in [0.2, 0.25) is 0 Å². The van der Waals surface area contributed by atoms with Crippen LogP contribution in [-0.2, 0) is 0 Å². The fraction of sp³-hybridized carbons (Fsp3) is 0.500. The maximum absolute atomic E-state index is 5.43. The summed E-state index contributed by atoms with van der Waals surface area (Å²) in [6.07, 6.45) is 1.08. The summed E-state index contributed by atoms with van der Waals surface area (Å²) in [4.78, 5) is 0. The fourth-order valence-corrected chi connectivity index (χ4v) is 3.76. The molecular weight excluding hydrogens is 272 g/mol. The normalized spacial score (nSPS) is 18.9. The molecule has 1 atom stereocenters. The lowest BCUT2D eigenvalue weighted by Gasteiger charge is -2.25. The molecule has 1 aliphatic heterocycles. The van der Waals surface area contributed by atoms with E-state index in [9.17, 15) is 0 Å². The minimum absolute atomic E-state index is 0.451. The molecule has 2 rings (SSSR count). The van der Waals surface area contributed by atoms with Crippen molar-refractivity contribution in [3.8, 4) is 17.2 Å². The second-order valence-corrected chi connectivity index (χ2v) is 6.21. The zero-order chi connectivity index (χ0) is 14.7. The molecule has 4 heteroatoms. The van der Waals surface area contributed by atoms with Crippen LogP contribution in [0.25, 0.3) is 0 Å². The van der Waals surface area contributed by atoms with E-state index in [1.54, 1.807) is 21.3 Å². The van der Waals surface area contributed by atoms with E-state index < -0.39 is 0 Å². The molecular formula is C16H22O3S. The van der Waals surface area contributed by atoms with Crippen LogP contribution in [0.1, 0.15) is 31.1 Å². The maximum Gasteiger partial charge on any atom is 0.203 e. The predicted octanol–water partition coefficient (Wildman–Crippen LogP) is 4.23. The van der Waals surface area contributed by atoms with Crippen LogP contribution in [0, 0.1) is 0 Å². The zero-order valence-corrected chi connectivity index (χ0v) is 13.6. The molecule has 0 saturated heterocycles. The van der Waals surface area contributed by atoms with Gasteiger partial charge in [-0.25, -0.2) is 0 Å². The average Bonchev–Trinajstić information content (AvgIpc) is 2.48. The summed E-state index contributed by atoms with van der Waals surface area (Å²) in [7, 11) is 4.94. The van der Waals surface area contributed by atoms with Crippen LogP contribution in [0.4, 0.5) is 0 Å². The average molecular weight is 294 g/mol. The van der Waals surface area contributed by atoms with Gasteiger partial charge in [-0.3, -0.25) is 0 Å². The molecule has 1 aliphatic rings. The highest BCUT2D eigenvalue weighted by Gasteiger charge is 2.22. The Morgan fingerprint density at radius 3 is 2.00 bits per heavy atom. The summed E-state index contributed by atoms with van der Waals surface area (Å²) < 4.78 is 16.2. The number of rotatable bonds is 4. The first kappa shape index (κ1) is 15.1. The van der Waals surface area contributed by atoms with E-state index in [0.29, 0.717) is 11.0 Å². The van der Waals surface area contributed by atoms with Gasteiger partial charge in [0.15, 0.2) is 11.5 Å². The summed E-state index contributed by atoms with van der Waals surface area (Å²) in [6.45, 7) is 4.44. The lowest BCUT2D eigenvalue weighted by Crippen LogP contribution is -2.06. The van der Waals surface area contributed by atoms with Gasteiger partial charge in [-0.2, -0.15) is 0 Å². The number of thioether (sulfide) groups is 1. The van der Waals surface area contributed by atoms with Crippen LogP contribution in [-0.4, -0.2) is 27.1 Å². The quantitative estimate of drug-likeness (QED) is 0.777. The van der Waals surface area contributed by atoms with E-state index in [4.69, 9.17) is 14.2 Å². The summed E-state index contributed by atoms with van der Waals surface area (Å²) >= 11 is 1.97. The Labute approximate surface area is 125 Å². The monoisotopic (exact) mass is 294 g/mol. The Morgan fingerprint density at radius 2 is 1.55 bits per heavy atom. The summed E-state index contributed by atoms with van der Waals surface area (Å²) in [5, 5.41) is 0.451. The van der Waals surface area contributed by atoms with Crippen molar-refractivity contribution in [3.05, 3.63) is 28.8 Å². The van der Waals surface area contributed by atoms with Gasteiger partial charge >= 0.3 is 0 Å². The molecule has 0 fully saturated rings. The van der Waals surface area contributed by atoms with Crippen molar-refractivity contribution in [2.75, 3.05) is 27.1 Å². The van der Waals surface area contributed by atoms with Gasteiger partial charge in [0.1, 0.15) is 0 Å². The van der Waals surface area contributed by atoms with Gasteiger partial charge in [-0.05, 0) is 38.0 Å². The fourth-order valence-electron chi connectivity index (χ4n) is 2.36.